The average Bonchev–Trinajstić information content (AvgIpc) is 3.29. The van der Waals surface area contributed by atoms with Gasteiger partial charge in [0.1, 0.15) is 10.8 Å². The molecule has 5 nitrogen and oxygen atoms in total. The van der Waals surface area contributed by atoms with Crippen molar-refractivity contribution < 1.29 is 14.3 Å². The fraction of sp³-hybridized carbons (Fsp3) is 0.0800. The monoisotopic (exact) mass is 428 g/mol. The third-order valence-electron chi connectivity index (χ3n) is 4.61. The van der Waals surface area contributed by atoms with Crippen molar-refractivity contribution in [3.8, 4) is 27.6 Å². The SMILES string of the molecule is CC(=O)Oc1ccc(C(=O)NCc2ccc(-c3nc(-c4ccccc4)cs3)cc2)cc1. The zero-order chi connectivity index (χ0) is 21.6. The van der Waals surface area contributed by atoms with Gasteiger partial charge < -0.3 is 10.1 Å². The zero-order valence-corrected chi connectivity index (χ0v) is 17.7. The van der Waals surface area contributed by atoms with Gasteiger partial charge in [-0.05, 0) is 29.8 Å². The number of hydrogen-bond donors (Lipinski definition) is 1. The predicted octanol–water partition coefficient (Wildman–Crippen LogP) is 5.33. The molecule has 0 aliphatic carbocycles. The van der Waals surface area contributed by atoms with E-state index in [1.165, 1.54) is 6.92 Å². The summed E-state index contributed by atoms with van der Waals surface area (Å²) in [5.41, 5.74) is 4.61. The maximum absolute atomic E-state index is 12.4. The molecule has 1 N–H and O–H groups in total. The van der Waals surface area contributed by atoms with Crippen LogP contribution < -0.4 is 10.1 Å². The maximum Gasteiger partial charge on any atom is 0.308 e. The van der Waals surface area contributed by atoms with Gasteiger partial charge in [-0.25, -0.2) is 4.98 Å². The number of nitrogens with one attached hydrogen (secondary N) is 1. The Bertz CT molecular complexity index is 1180. The van der Waals surface area contributed by atoms with Crippen LogP contribution in [0.1, 0.15) is 22.8 Å². The highest BCUT2D eigenvalue weighted by Crippen LogP contribution is 2.28. The molecule has 3 aromatic carbocycles. The Kier molecular flexibility index (Phi) is 6.19. The molecule has 1 amide bonds. The van der Waals surface area contributed by atoms with Crippen LogP contribution in [0.25, 0.3) is 21.8 Å². The first-order valence-corrected chi connectivity index (χ1v) is 10.6. The van der Waals surface area contributed by atoms with E-state index in [1.807, 2.05) is 42.5 Å². The number of carbonyl (C=O) groups is 2. The third-order valence-corrected chi connectivity index (χ3v) is 5.50. The second-order valence-electron chi connectivity index (χ2n) is 6.90. The fourth-order valence-corrected chi connectivity index (χ4v) is 3.87. The van der Waals surface area contributed by atoms with Gasteiger partial charge in [-0.3, -0.25) is 9.59 Å². The van der Waals surface area contributed by atoms with Crippen molar-refractivity contribution in [3.05, 3.63) is 95.4 Å². The summed E-state index contributed by atoms with van der Waals surface area (Å²) in [5, 5.41) is 5.92. The molecular formula is C25H20N2O3S. The first-order chi connectivity index (χ1) is 15.1. The molecule has 4 rings (SSSR count). The number of rotatable bonds is 6. The minimum atomic E-state index is -0.394. The Morgan fingerprint density at radius 3 is 2.29 bits per heavy atom. The van der Waals surface area contributed by atoms with Crippen LogP contribution in [-0.2, 0) is 11.3 Å². The third kappa shape index (κ3) is 5.24. The highest BCUT2D eigenvalue weighted by Gasteiger charge is 2.08. The molecule has 0 fully saturated rings. The summed E-state index contributed by atoms with van der Waals surface area (Å²) in [4.78, 5) is 28.1. The van der Waals surface area contributed by atoms with E-state index >= 15 is 0 Å². The Balaban J connectivity index is 1.36. The van der Waals surface area contributed by atoms with Crippen molar-refractivity contribution in [1.29, 1.82) is 0 Å². The number of aromatic nitrogens is 1. The molecule has 0 saturated carbocycles. The summed E-state index contributed by atoms with van der Waals surface area (Å²) >= 11 is 1.61. The zero-order valence-electron chi connectivity index (χ0n) is 16.9. The molecule has 1 heterocycles. The van der Waals surface area contributed by atoms with E-state index in [2.05, 4.69) is 22.8 Å². The number of amides is 1. The van der Waals surface area contributed by atoms with E-state index in [1.54, 1.807) is 35.6 Å². The summed E-state index contributed by atoms with van der Waals surface area (Å²) in [6.45, 7) is 1.75. The largest absolute Gasteiger partial charge is 0.427 e. The Hall–Kier alpha value is -3.77. The molecule has 0 atom stereocenters. The maximum atomic E-state index is 12.4. The quantitative estimate of drug-likeness (QED) is 0.333. The molecule has 6 heteroatoms. The van der Waals surface area contributed by atoms with Crippen LogP contribution >= 0.6 is 11.3 Å². The number of carbonyl (C=O) groups excluding carboxylic acids is 2. The van der Waals surface area contributed by atoms with Crippen molar-refractivity contribution in [2.24, 2.45) is 0 Å². The highest BCUT2D eigenvalue weighted by molar-refractivity contribution is 7.13. The van der Waals surface area contributed by atoms with Crippen molar-refractivity contribution in [1.82, 2.24) is 10.3 Å². The van der Waals surface area contributed by atoms with Gasteiger partial charge in [0.25, 0.3) is 5.91 Å². The van der Waals surface area contributed by atoms with E-state index in [9.17, 15) is 9.59 Å². The van der Waals surface area contributed by atoms with Crippen molar-refractivity contribution >= 4 is 23.2 Å². The minimum Gasteiger partial charge on any atom is -0.427 e. The molecule has 4 aromatic rings. The molecule has 0 saturated heterocycles. The predicted molar refractivity (Wildman–Crippen MR) is 122 cm³/mol. The van der Waals surface area contributed by atoms with Crippen LogP contribution in [0.2, 0.25) is 0 Å². The Morgan fingerprint density at radius 2 is 1.61 bits per heavy atom. The van der Waals surface area contributed by atoms with Crippen LogP contribution in [0.5, 0.6) is 5.75 Å². The number of benzene rings is 3. The van der Waals surface area contributed by atoms with Crippen LogP contribution in [0.3, 0.4) is 0 Å². The Morgan fingerprint density at radius 1 is 0.903 bits per heavy atom. The second-order valence-corrected chi connectivity index (χ2v) is 7.76. The molecule has 154 valence electrons. The molecule has 0 bridgehead atoms. The summed E-state index contributed by atoms with van der Waals surface area (Å²) in [7, 11) is 0. The summed E-state index contributed by atoms with van der Waals surface area (Å²) in [6, 6.07) is 24.6. The van der Waals surface area contributed by atoms with E-state index in [0.717, 1.165) is 27.4 Å². The van der Waals surface area contributed by atoms with Crippen molar-refractivity contribution in [3.63, 3.8) is 0 Å². The topological polar surface area (TPSA) is 68.3 Å². The van der Waals surface area contributed by atoms with Crippen LogP contribution in [0, 0.1) is 0 Å². The molecule has 1 aromatic heterocycles. The van der Waals surface area contributed by atoms with E-state index < -0.39 is 5.97 Å². The normalized spacial score (nSPS) is 10.5. The van der Waals surface area contributed by atoms with Gasteiger partial charge in [0.2, 0.25) is 0 Å². The smallest absolute Gasteiger partial charge is 0.308 e. The summed E-state index contributed by atoms with van der Waals surface area (Å²) in [6.07, 6.45) is 0. The molecule has 0 aliphatic heterocycles. The van der Waals surface area contributed by atoms with Crippen molar-refractivity contribution in [2.75, 3.05) is 0 Å². The number of thiazole rings is 1. The van der Waals surface area contributed by atoms with E-state index in [4.69, 9.17) is 9.72 Å². The number of nitrogens with zero attached hydrogens (tertiary/aromatic N) is 1. The molecule has 0 aliphatic rings. The van der Waals surface area contributed by atoms with Crippen LogP contribution in [0.4, 0.5) is 0 Å². The van der Waals surface area contributed by atoms with Gasteiger partial charge >= 0.3 is 5.97 Å². The highest BCUT2D eigenvalue weighted by atomic mass is 32.1. The lowest BCUT2D eigenvalue weighted by molar-refractivity contribution is -0.131. The number of hydrogen-bond acceptors (Lipinski definition) is 5. The fourth-order valence-electron chi connectivity index (χ4n) is 3.04. The number of esters is 1. The van der Waals surface area contributed by atoms with Gasteiger partial charge in [0.15, 0.2) is 0 Å². The average molecular weight is 429 g/mol. The summed E-state index contributed by atoms with van der Waals surface area (Å²) < 4.78 is 4.98. The lowest BCUT2D eigenvalue weighted by Crippen LogP contribution is -2.22. The van der Waals surface area contributed by atoms with Gasteiger partial charge in [-0.2, -0.15) is 0 Å². The standard InChI is InChI=1S/C25H20N2O3S/c1-17(28)30-22-13-11-20(12-14-22)24(29)26-15-18-7-9-21(10-8-18)25-27-23(16-31-25)19-5-3-2-4-6-19/h2-14,16H,15H2,1H3,(H,26,29). The van der Waals surface area contributed by atoms with E-state index in [-0.39, 0.29) is 5.91 Å². The first kappa shape index (κ1) is 20.5. The van der Waals surface area contributed by atoms with E-state index in [0.29, 0.717) is 17.9 Å². The molecule has 31 heavy (non-hydrogen) atoms. The van der Waals surface area contributed by atoms with Crippen LogP contribution in [0.15, 0.2) is 84.2 Å². The van der Waals surface area contributed by atoms with Gasteiger partial charge in [0.05, 0.1) is 5.69 Å². The lowest BCUT2D eigenvalue weighted by Gasteiger charge is -2.07. The molecule has 0 unspecified atom stereocenters. The second kappa shape index (κ2) is 9.36. The van der Waals surface area contributed by atoms with Crippen LogP contribution in [-0.4, -0.2) is 16.9 Å². The first-order valence-electron chi connectivity index (χ1n) is 9.75. The lowest BCUT2D eigenvalue weighted by atomic mass is 10.1. The molecule has 0 radical (unpaired) electrons. The Labute approximate surface area is 184 Å². The minimum absolute atomic E-state index is 0.189. The molecule has 0 spiro atoms. The number of ether oxygens (including phenoxy) is 1. The van der Waals surface area contributed by atoms with Gasteiger partial charge in [-0.15, -0.1) is 11.3 Å². The summed E-state index contributed by atoms with van der Waals surface area (Å²) in [5.74, 6) is -0.169. The van der Waals surface area contributed by atoms with Gasteiger partial charge in [0, 0.05) is 35.5 Å². The van der Waals surface area contributed by atoms with Crippen molar-refractivity contribution in [2.45, 2.75) is 13.5 Å². The van der Waals surface area contributed by atoms with Gasteiger partial charge in [-0.1, -0.05) is 54.6 Å². The molecular weight excluding hydrogens is 408 g/mol.